The van der Waals surface area contributed by atoms with Crippen LogP contribution >= 0.6 is 0 Å². The van der Waals surface area contributed by atoms with E-state index in [4.69, 9.17) is 0 Å². The van der Waals surface area contributed by atoms with Crippen LogP contribution in [0.5, 0.6) is 0 Å². The quantitative estimate of drug-likeness (QED) is 0.551. The molecule has 0 saturated carbocycles. The maximum atomic E-state index is 14.0. The molecule has 142 valence electrons. The maximum absolute atomic E-state index is 14.0. The molecule has 0 atom stereocenters. The van der Waals surface area contributed by atoms with Crippen LogP contribution < -0.4 is 10.7 Å². The van der Waals surface area contributed by atoms with Crippen LogP contribution in [0.4, 0.5) is 15.8 Å². The summed E-state index contributed by atoms with van der Waals surface area (Å²) in [5, 5.41) is 17.6. The van der Waals surface area contributed by atoms with Crippen molar-refractivity contribution in [1.29, 1.82) is 0 Å². The lowest BCUT2D eigenvalue weighted by atomic mass is 10.2. The summed E-state index contributed by atoms with van der Waals surface area (Å²) >= 11 is 0. The van der Waals surface area contributed by atoms with Crippen molar-refractivity contribution in [1.82, 2.24) is 9.78 Å². The fourth-order valence-electron chi connectivity index (χ4n) is 2.65. The first-order valence-corrected chi connectivity index (χ1v) is 8.20. The molecule has 0 aliphatic carbocycles. The van der Waals surface area contributed by atoms with E-state index in [0.717, 1.165) is 10.7 Å². The summed E-state index contributed by atoms with van der Waals surface area (Å²) in [6.45, 7) is 3.23. The SMILES string of the molecule is Cc1ccc(NC(=O)c2nn(-c3ccccc3[N+](=O)[O-])c(C)cc2=O)c(F)c1. The number of benzene rings is 2. The van der Waals surface area contributed by atoms with Gasteiger partial charge in [0.05, 0.1) is 10.6 Å². The van der Waals surface area contributed by atoms with Gasteiger partial charge >= 0.3 is 0 Å². The second-order valence-electron chi connectivity index (χ2n) is 6.09. The van der Waals surface area contributed by atoms with Gasteiger partial charge in [0.1, 0.15) is 11.5 Å². The van der Waals surface area contributed by atoms with E-state index in [1.54, 1.807) is 19.1 Å². The lowest BCUT2D eigenvalue weighted by Gasteiger charge is -2.12. The number of nitro benzene ring substituents is 1. The number of rotatable bonds is 4. The normalized spacial score (nSPS) is 10.5. The summed E-state index contributed by atoms with van der Waals surface area (Å²) in [4.78, 5) is 35.4. The molecule has 3 aromatic rings. The molecule has 3 rings (SSSR count). The summed E-state index contributed by atoms with van der Waals surface area (Å²) in [6, 6.07) is 11.2. The zero-order valence-electron chi connectivity index (χ0n) is 15.0. The minimum absolute atomic E-state index is 0.0977. The van der Waals surface area contributed by atoms with Gasteiger partial charge in [-0.05, 0) is 37.6 Å². The van der Waals surface area contributed by atoms with E-state index < -0.39 is 27.8 Å². The molecule has 0 bridgehead atoms. The third kappa shape index (κ3) is 3.63. The van der Waals surface area contributed by atoms with Crippen molar-refractivity contribution in [2.45, 2.75) is 13.8 Å². The third-order valence-electron chi connectivity index (χ3n) is 4.00. The number of nitro groups is 1. The Morgan fingerprint density at radius 3 is 2.57 bits per heavy atom. The molecule has 28 heavy (non-hydrogen) atoms. The summed E-state index contributed by atoms with van der Waals surface area (Å²) in [5.41, 5.74) is -0.464. The van der Waals surface area contributed by atoms with Gasteiger partial charge in [-0.25, -0.2) is 9.07 Å². The van der Waals surface area contributed by atoms with Crippen LogP contribution in [0.15, 0.2) is 53.3 Å². The average Bonchev–Trinajstić information content (AvgIpc) is 2.64. The molecule has 9 heteroatoms. The monoisotopic (exact) mass is 382 g/mol. The molecule has 0 unspecified atom stereocenters. The highest BCUT2D eigenvalue weighted by atomic mass is 19.1. The Morgan fingerprint density at radius 2 is 1.89 bits per heavy atom. The van der Waals surface area contributed by atoms with Crippen molar-refractivity contribution >= 4 is 17.3 Å². The van der Waals surface area contributed by atoms with Crippen LogP contribution in [0, 0.1) is 29.8 Å². The third-order valence-corrected chi connectivity index (χ3v) is 4.00. The second-order valence-corrected chi connectivity index (χ2v) is 6.09. The zero-order chi connectivity index (χ0) is 20.4. The minimum atomic E-state index is -0.917. The number of amides is 1. The molecule has 1 N–H and O–H groups in total. The van der Waals surface area contributed by atoms with E-state index in [2.05, 4.69) is 10.4 Å². The number of nitrogens with one attached hydrogen (secondary N) is 1. The minimum Gasteiger partial charge on any atom is -0.318 e. The molecule has 8 nitrogen and oxygen atoms in total. The summed E-state index contributed by atoms with van der Waals surface area (Å²) in [5.74, 6) is -1.57. The summed E-state index contributed by atoms with van der Waals surface area (Å²) in [7, 11) is 0. The summed E-state index contributed by atoms with van der Waals surface area (Å²) < 4.78 is 15.1. The van der Waals surface area contributed by atoms with Crippen LogP contribution in [-0.4, -0.2) is 20.6 Å². The number of para-hydroxylation sites is 2. The molecular weight excluding hydrogens is 367 g/mol. The van der Waals surface area contributed by atoms with Gasteiger partial charge in [-0.3, -0.25) is 19.7 Å². The van der Waals surface area contributed by atoms with E-state index >= 15 is 0 Å². The fraction of sp³-hybridized carbons (Fsp3) is 0.105. The number of hydrogen-bond donors (Lipinski definition) is 1. The Morgan fingerprint density at radius 1 is 1.18 bits per heavy atom. The van der Waals surface area contributed by atoms with Crippen molar-refractivity contribution in [2.75, 3.05) is 5.32 Å². The molecule has 0 aliphatic heterocycles. The molecule has 0 aliphatic rings. The highest BCUT2D eigenvalue weighted by Crippen LogP contribution is 2.22. The highest BCUT2D eigenvalue weighted by Gasteiger charge is 2.20. The van der Waals surface area contributed by atoms with Gasteiger partial charge in [0, 0.05) is 17.8 Å². The van der Waals surface area contributed by atoms with Crippen molar-refractivity contribution < 1.29 is 14.1 Å². The number of anilines is 1. The number of nitrogens with zero attached hydrogens (tertiary/aromatic N) is 3. The van der Waals surface area contributed by atoms with Crippen LogP contribution in [0.3, 0.4) is 0 Å². The van der Waals surface area contributed by atoms with Crippen molar-refractivity contribution in [3.63, 3.8) is 0 Å². The van der Waals surface area contributed by atoms with Gasteiger partial charge < -0.3 is 5.32 Å². The first-order valence-electron chi connectivity index (χ1n) is 8.20. The van der Waals surface area contributed by atoms with E-state index in [9.17, 15) is 24.1 Å². The maximum Gasteiger partial charge on any atom is 0.294 e. The number of carbonyl (C=O) groups is 1. The van der Waals surface area contributed by atoms with Gasteiger partial charge in [-0.2, -0.15) is 5.10 Å². The predicted octanol–water partition coefficient (Wildman–Crippen LogP) is 3.15. The average molecular weight is 382 g/mol. The van der Waals surface area contributed by atoms with E-state index in [1.165, 1.54) is 37.3 Å². The van der Waals surface area contributed by atoms with Gasteiger partial charge in [-0.1, -0.05) is 18.2 Å². The lowest BCUT2D eigenvalue weighted by Crippen LogP contribution is -2.27. The van der Waals surface area contributed by atoms with E-state index in [-0.39, 0.29) is 17.1 Å². The standard InChI is InChI=1S/C19H15FN4O4/c1-11-7-8-14(13(20)9-11)21-19(26)18-17(25)10-12(2)23(22-18)15-5-3-4-6-16(15)24(27)28/h3-10H,1-2H3,(H,21,26). The molecule has 0 saturated heterocycles. The fourth-order valence-corrected chi connectivity index (χ4v) is 2.65. The van der Waals surface area contributed by atoms with Crippen molar-refractivity contribution in [3.05, 3.63) is 91.6 Å². The van der Waals surface area contributed by atoms with Gasteiger partial charge in [0.25, 0.3) is 11.6 Å². The van der Waals surface area contributed by atoms with Gasteiger partial charge in [-0.15, -0.1) is 0 Å². The van der Waals surface area contributed by atoms with Gasteiger partial charge in [0.2, 0.25) is 5.43 Å². The molecule has 1 amide bonds. The molecule has 2 aromatic carbocycles. The van der Waals surface area contributed by atoms with E-state index in [1.807, 2.05) is 0 Å². The topological polar surface area (TPSA) is 107 Å². The second kappa shape index (κ2) is 7.39. The Labute approximate surface area is 158 Å². The zero-order valence-corrected chi connectivity index (χ0v) is 15.0. The van der Waals surface area contributed by atoms with Crippen LogP contribution in [0.2, 0.25) is 0 Å². The van der Waals surface area contributed by atoms with Crippen molar-refractivity contribution in [2.24, 2.45) is 0 Å². The van der Waals surface area contributed by atoms with Gasteiger partial charge in [0.15, 0.2) is 5.69 Å². The summed E-state index contributed by atoms with van der Waals surface area (Å²) in [6.07, 6.45) is 0. The number of carbonyl (C=O) groups excluding carboxylic acids is 1. The molecule has 0 spiro atoms. The molecule has 0 fully saturated rings. The van der Waals surface area contributed by atoms with Crippen LogP contribution in [-0.2, 0) is 0 Å². The Balaban J connectivity index is 2.06. The first-order chi connectivity index (χ1) is 13.3. The molecule has 1 aromatic heterocycles. The largest absolute Gasteiger partial charge is 0.318 e. The lowest BCUT2D eigenvalue weighted by molar-refractivity contribution is -0.384. The Bertz CT molecular complexity index is 1160. The first kappa shape index (κ1) is 18.9. The van der Waals surface area contributed by atoms with E-state index in [0.29, 0.717) is 11.3 Å². The Kier molecular flexibility index (Phi) is 4.99. The number of aromatic nitrogens is 2. The smallest absolute Gasteiger partial charge is 0.294 e. The predicted molar refractivity (Wildman–Crippen MR) is 100 cm³/mol. The Hall–Kier alpha value is -3.88. The highest BCUT2D eigenvalue weighted by molar-refractivity contribution is 6.02. The number of aryl methyl sites for hydroxylation is 2. The molecule has 0 radical (unpaired) electrons. The number of halogens is 1. The molecular formula is C19H15FN4O4. The van der Waals surface area contributed by atoms with Crippen LogP contribution in [0.25, 0.3) is 5.69 Å². The van der Waals surface area contributed by atoms with Crippen LogP contribution in [0.1, 0.15) is 21.7 Å². The van der Waals surface area contributed by atoms with Crippen molar-refractivity contribution in [3.8, 4) is 5.69 Å². The number of hydrogen-bond acceptors (Lipinski definition) is 5. The molecule has 1 heterocycles.